The monoisotopic (exact) mass is 314 g/mol. The number of benzene rings is 1. The Morgan fingerprint density at radius 3 is 2.95 bits per heavy atom. The SMILES string of the molecule is CC1Cc2cc(N)ccc2N1C(=O)c1cc2sccc2s1. The van der Waals surface area contributed by atoms with Crippen LogP contribution in [0.4, 0.5) is 11.4 Å². The molecule has 1 unspecified atom stereocenters. The summed E-state index contributed by atoms with van der Waals surface area (Å²) in [5, 5.41) is 2.06. The fourth-order valence-electron chi connectivity index (χ4n) is 2.95. The summed E-state index contributed by atoms with van der Waals surface area (Å²) in [7, 11) is 0. The van der Waals surface area contributed by atoms with E-state index in [4.69, 9.17) is 5.73 Å². The molecule has 1 aliphatic heterocycles. The molecule has 21 heavy (non-hydrogen) atoms. The molecule has 4 rings (SSSR count). The first-order valence-electron chi connectivity index (χ1n) is 6.82. The maximum Gasteiger partial charge on any atom is 0.268 e. The van der Waals surface area contributed by atoms with Crippen molar-refractivity contribution in [3.05, 3.63) is 46.2 Å². The molecule has 1 atom stereocenters. The number of anilines is 2. The van der Waals surface area contributed by atoms with Gasteiger partial charge in [0, 0.05) is 26.8 Å². The number of thiophene rings is 2. The zero-order chi connectivity index (χ0) is 14.6. The minimum atomic E-state index is 0.0967. The number of nitrogens with zero attached hydrogens (tertiary/aromatic N) is 1. The Kier molecular flexibility index (Phi) is 2.80. The summed E-state index contributed by atoms with van der Waals surface area (Å²) in [5.74, 6) is 0.0967. The minimum absolute atomic E-state index is 0.0967. The van der Waals surface area contributed by atoms with E-state index in [0.29, 0.717) is 0 Å². The number of carbonyl (C=O) groups excluding carboxylic acids is 1. The third-order valence-corrected chi connectivity index (χ3v) is 5.97. The summed E-state index contributed by atoms with van der Waals surface area (Å²) in [5.41, 5.74) is 8.76. The molecular formula is C16H14N2OS2. The first-order valence-corrected chi connectivity index (χ1v) is 8.52. The molecular weight excluding hydrogens is 300 g/mol. The number of nitrogen functional groups attached to an aromatic ring is 1. The molecule has 5 heteroatoms. The second kappa shape index (κ2) is 4.58. The molecule has 2 aromatic heterocycles. The molecule has 0 aliphatic carbocycles. The fourth-order valence-corrected chi connectivity index (χ4v) is 5.00. The van der Waals surface area contributed by atoms with Gasteiger partial charge < -0.3 is 10.6 Å². The van der Waals surface area contributed by atoms with Crippen molar-refractivity contribution in [2.45, 2.75) is 19.4 Å². The smallest absolute Gasteiger partial charge is 0.268 e. The van der Waals surface area contributed by atoms with Gasteiger partial charge in [-0.3, -0.25) is 4.79 Å². The van der Waals surface area contributed by atoms with Gasteiger partial charge in [0.15, 0.2) is 0 Å². The zero-order valence-electron chi connectivity index (χ0n) is 11.5. The van der Waals surface area contributed by atoms with Crippen LogP contribution in [0.1, 0.15) is 22.2 Å². The predicted octanol–water partition coefficient (Wildman–Crippen LogP) is 4.14. The summed E-state index contributed by atoms with van der Waals surface area (Å²) in [6.07, 6.45) is 0.867. The Morgan fingerprint density at radius 1 is 1.29 bits per heavy atom. The summed E-state index contributed by atoms with van der Waals surface area (Å²) < 4.78 is 2.38. The normalized spacial score (nSPS) is 17.4. The van der Waals surface area contributed by atoms with Crippen molar-refractivity contribution in [1.29, 1.82) is 0 Å². The summed E-state index contributed by atoms with van der Waals surface area (Å²) in [6, 6.07) is 10.1. The van der Waals surface area contributed by atoms with Crippen LogP contribution in [-0.2, 0) is 6.42 Å². The predicted molar refractivity (Wildman–Crippen MR) is 90.5 cm³/mol. The number of rotatable bonds is 1. The van der Waals surface area contributed by atoms with Gasteiger partial charge in [0.2, 0.25) is 0 Å². The average Bonchev–Trinajstić information content (AvgIpc) is 3.08. The van der Waals surface area contributed by atoms with E-state index in [1.807, 2.05) is 29.2 Å². The molecule has 1 aliphatic rings. The molecule has 1 aromatic carbocycles. The molecule has 0 bridgehead atoms. The van der Waals surface area contributed by atoms with E-state index < -0.39 is 0 Å². The van der Waals surface area contributed by atoms with Crippen LogP contribution < -0.4 is 10.6 Å². The van der Waals surface area contributed by atoms with Gasteiger partial charge in [-0.25, -0.2) is 0 Å². The van der Waals surface area contributed by atoms with Crippen LogP contribution in [-0.4, -0.2) is 11.9 Å². The van der Waals surface area contributed by atoms with Gasteiger partial charge in [0.05, 0.1) is 4.88 Å². The van der Waals surface area contributed by atoms with Crippen molar-refractivity contribution in [3.8, 4) is 0 Å². The third-order valence-electron chi connectivity index (χ3n) is 3.89. The van der Waals surface area contributed by atoms with Crippen LogP contribution in [0.2, 0.25) is 0 Å². The van der Waals surface area contributed by atoms with Crippen molar-refractivity contribution in [2.24, 2.45) is 0 Å². The third kappa shape index (κ3) is 1.96. The number of fused-ring (bicyclic) bond motifs is 2. The topological polar surface area (TPSA) is 46.3 Å². The van der Waals surface area contributed by atoms with Crippen molar-refractivity contribution in [3.63, 3.8) is 0 Å². The van der Waals surface area contributed by atoms with Crippen molar-refractivity contribution >= 4 is 49.4 Å². The van der Waals surface area contributed by atoms with Gasteiger partial charge in [-0.2, -0.15) is 0 Å². The highest BCUT2D eigenvalue weighted by Gasteiger charge is 2.32. The molecule has 2 N–H and O–H groups in total. The van der Waals surface area contributed by atoms with E-state index in [2.05, 4.69) is 18.4 Å². The molecule has 106 valence electrons. The first-order chi connectivity index (χ1) is 10.1. The van der Waals surface area contributed by atoms with E-state index in [1.54, 1.807) is 22.7 Å². The Balaban J connectivity index is 1.76. The van der Waals surface area contributed by atoms with Crippen LogP contribution in [0.3, 0.4) is 0 Å². The molecule has 3 heterocycles. The Bertz CT molecular complexity index is 820. The van der Waals surface area contributed by atoms with Crippen LogP contribution in [0.5, 0.6) is 0 Å². The van der Waals surface area contributed by atoms with Gasteiger partial charge in [0.25, 0.3) is 5.91 Å². The average molecular weight is 314 g/mol. The second-order valence-corrected chi connectivity index (χ2v) is 7.41. The summed E-state index contributed by atoms with van der Waals surface area (Å²) in [4.78, 5) is 15.6. The Hall–Kier alpha value is -1.85. The standard InChI is InChI=1S/C16H14N2OS2/c1-9-6-10-7-11(17)2-3-12(10)18(9)16(19)15-8-14-13(21-15)4-5-20-14/h2-5,7-9H,6,17H2,1H3. The van der Waals surface area contributed by atoms with Crippen molar-refractivity contribution in [2.75, 3.05) is 10.6 Å². The molecule has 0 fully saturated rings. The number of amides is 1. The number of hydrogen-bond acceptors (Lipinski definition) is 4. The highest BCUT2D eigenvalue weighted by molar-refractivity contribution is 7.27. The van der Waals surface area contributed by atoms with Crippen LogP contribution in [0.25, 0.3) is 9.40 Å². The second-order valence-electron chi connectivity index (χ2n) is 5.38. The molecule has 3 nitrogen and oxygen atoms in total. The highest BCUT2D eigenvalue weighted by Crippen LogP contribution is 2.37. The van der Waals surface area contributed by atoms with E-state index in [-0.39, 0.29) is 11.9 Å². The molecule has 3 aromatic rings. The quantitative estimate of drug-likeness (QED) is 0.686. The molecule has 0 radical (unpaired) electrons. The van der Waals surface area contributed by atoms with Crippen LogP contribution >= 0.6 is 22.7 Å². The van der Waals surface area contributed by atoms with Gasteiger partial charge in [-0.1, -0.05) is 0 Å². The molecule has 0 saturated carbocycles. The van der Waals surface area contributed by atoms with Crippen LogP contribution in [0, 0.1) is 0 Å². The number of carbonyl (C=O) groups is 1. The molecule has 0 saturated heterocycles. The lowest BCUT2D eigenvalue weighted by Crippen LogP contribution is -2.35. The lowest BCUT2D eigenvalue weighted by molar-refractivity contribution is 0.0985. The number of hydrogen-bond donors (Lipinski definition) is 1. The van der Waals surface area contributed by atoms with Crippen molar-refractivity contribution < 1.29 is 4.79 Å². The van der Waals surface area contributed by atoms with Gasteiger partial charge in [-0.05, 0) is 54.6 Å². The fraction of sp³-hybridized carbons (Fsp3) is 0.188. The molecule has 0 spiro atoms. The minimum Gasteiger partial charge on any atom is -0.399 e. The largest absolute Gasteiger partial charge is 0.399 e. The maximum atomic E-state index is 12.9. The highest BCUT2D eigenvalue weighted by atomic mass is 32.1. The van der Waals surface area contributed by atoms with E-state index >= 15 is 0 Å². The maximum absolute atomic E-state index is 12.9. The Morgan fingerprint density at radius 2 is 2.14 bits per heavy atom. The van der Waals surface area contributed by atoms with Crippen molar-refractivity contribution in [1.82, 2.24) is 0 Å². The zero-order valence-corrected chi connectivity index (χ0v) is 13.1. The van der Waals surface area contributed by atoms with Gasteiger partial charge >= 0.3 is 0 Å². The summed E-state index contributed by atoms with van der Waals surface area (Å²) in [6.45, 7) is 2.09. The van der Waals surface area contributed by atoms with Gasteiger partial charge in [0.1, 0.15) is 0 Å². The van der Waals surface area contributed by atoms with E-state index in [0.717, 1.165) is 28.2 Å². The van der Waals surface area contributed by atoms with Gasteiger partial charge in [-0.15, -0.1) is 22.7 Å². The van der Waals surface area contributed by atoms with E-state index in [9.17, 15) is 4.79 Å². The lowest BCUT2D eigenvalue weighted by atomic mass is 10.1. The summed E-state index contributed by atoms with van der Waals surface area (Å²) >= 11 is 3.25. The van der Waals surface area contributed by atoms with Crippen LogP contribution in [0.15, 0.2) is 35.7 Å². The number of nitrogens with two attached hydrogens (primary N) is 1. The Labute approximate surface area is 130 Å². The molecule has 1 amide bonds. The first kappa shape index (κ1) is 12.9. The lowest BCUT2D eigenvalue weighted by Gasteiger charge is -2.22. The van der Waals surface area contributed by atoms with E-state index in [1.165, 1.54) is 9.40 Å².